The summed E-state index contributed by atoms with van der Waals surface area (Å²) in [6.07, 6.45) is 4.41. The van der Waals surface area contributed by atoms with Gasteiger partial charge in [-0.05, 0) is 42.5 Å². The molecule has 2 aromatic rings. The highest BCUT2D eigenvalue weighted by atomic mass is 16.5. The van der Waals surface area contributed by atoms with E-state index in [-0.39, 0.29) is 0 Å². The van der Waals surface area contributed by atoms with E-state index in [9.17, 15) is 0 Å². The fourth-order valence-corrected chi connectivity index (χ4v) is 2.35. The average molecular weight is 274 g/mol. The van der Waals surface area contributed by atoms with Crippen molar-refractivity contribution in [2.45, 2.75) is 39.8 Å². The number of hydrogen-bond acceptors (Lipinski definition) is 2. The zero-order valence-electron chi connectivity index (χ0n) is 12.7. The smallest absolute Gasteiger partial charge is 0.0645 e. The lowest BCUT2D eigenvalue weighted by atomic mass is 10.1. The number of aromatic nitrogens is 1. The second-order valence-electron chi connectivity index (χ2n) is 5.19. The summed E-state index contributed by atoms with van der Waals surface area (Å²) in [5.74, 6) is 0. The molecule has 0 spiro atoms. The minimum atomic E-state index is 0.788. The maximum absolute atomic E-state index is 5.58. The van der Waals surface area contributed by atoms with Crippen LogP contribution in [0.4, 0.5) is 0 Å². The van der Waals surface area contributed by atoms with Gasteiger partial charge in [0, 0.05) is 31.4 Å². The molecule has 0 saturated heterocycles. The normalized spacial score (nSPS) is 11.3. The molecule has 110 valence electrons. The number of hydrogen-bond donors (Lipinski definition) is 1. The number of nitrogens with one attached hydrogen (secondary N) is 1. The number of fused-ring (bicyclic) bond motifs is 1. The summed E-state index contributed by atoms with van der Waals surface area (Å²) in [5.41, 5.74) is 2.65. The van der Waals surface area contributed by atoms with Crippen LogP contribution < -0.4 is 5.32 Å². The van der Waals surface area contributed by atoms with Crippen LogP contribution in [0.15, 0.2) is 30.5 Å². The van der Waals surface area contributed by atoms with Crippen molar-refractivity contribution in [2.75, 3.05) is 19.8 Å². The maximum Gasteiger partial charge on any atom is 0.0645 e. The van der Waals surface area contributed by atoms with Gasteiger partial charge >= 0.3 is 0 Å². The Kier molecular flexibility index (Phi) is 6.09. The van der Waals surface area contributed by atoms with Crippen LogP contribution in [0.5, 0.6) is 0 Å². The first-order valence-corrected chi connectivity index (χ1v) is 7.71. The molecule has 1 aromatic carbocycles. The monoisotopic (exact) mass is 274 g/mol. The maximum atomic E-state index is 5.58. The van der Waals surface area contributed by atoms with Crippen molar-refractivity contribution in [3.8, 4) is 0 Å². The van der Waals surface area contributed by atoms with Crippen molar-refractivity contribution in [3.05, 3.63) is 36.0 Å². The fraction of sp³-hybridized carbons (Fsp3) is 0.529. The minimum Gasteiger partial charge on any atom is -0.380 e. The first kappa shape index (κ1) is 15.1. The van der Waals surface area contributed by atoms with Crippen molar-refractivity contribution in [1.82, 2.24) is 9.88 Å². The molecule has 0 aliphatic rings. The molecule has 3 nitrogen and oxygen atoms in total. The summed E-state index contributed by atoms with van der Waals surface area (Å²) >= 11 is 0. The molecule has 0 fully saturated rings. The lowest BCUT2D eigenvalue weighted by Crippen LogP contribution is -2.13. The largest absolute Gasteiger partial charge is 0.380 e. The topological polar surface area (TPSA) is 26.2 Å². The zero-order valence-corrected chi connectivity index (χ0v) is 12.7. The summed E-state index contributed by atoms with van der Waals surface area (Å²) in [7, 11) is 0. The van der Waals surface area contributed by atoms with Crippen molar-refractivity contribution < 1.29 is 4.74 Å². The van der Waals surface area contributed by atoms with E-state index in [4.69, 9.17) is 4.74 Å². The van der Waals surface area contributed by atoms with Crippen molar-refractivity contribution in [1.29, 1.82) is 0 Å². The second kappa shape index (κ2) is 8.08. The van der Waals surface area contributed by atoms with E-state index in [0.717, 1.165) is 39.3 Å². The van der Waals surface area contributed by atoms with E-state index in [1.54, 1.807) is 0 Å². The Morgan fingerprint density at radius 3 is 2.80 bits per heavy atom. The van der Waals surface area contributed by atoms with Gasteiger partial charge in [0.15, 0.2) is 0 Å². The van der Waals surface area contributed by atoms with Gasteiger partial charge in [-0.25, -0.2) is 0 Å². The van der Waals surface area contributed by atoms with E-state index in [0.29, 0.717) is 0 Å². The van der Waals surface area contributed by atoms with E-state index in [2.05, 4.69) is 54.2 Å². The third kappa shape index (κ3) is 4.09. The Labute approximate surface area is 121 Å². The zero-order chi connectivity index (χ0) is 14.2. The molecule has 2 rings (SSSR count). The van der Waals surface area contributed by atoms with Gasteiger partial charge in [0.2, 0.25) is 0 Å². The van der Waals surface area contributed by atoms with Crippen molar-refractivity contribution >= 4 is 10.9 Å². The SMILES string of the molecule is CCCNCc1ccc2ccn(CCOCCC)c2c1. The molecule has 1 heterocycles. The Morgan fingerprint density at radius 1 is 1.10 bits per heavy atom. The van der Waals surface area contributed by atoms with Gasteiger partial charge in [-0.15, -0.1) is 0 Å². The van der Waals surface area contributed by atoms with Crippen LogP contribution in [0.2, 0.25) is 0 Å². The summed E-state index contributed by atoms with van der Waals surface area (Å²) < 4.78 is 7.87. The van der Waals surface area contributed by atoms with Crippen LogP contribution >= 0.6 is 0 Å². The highest BCUT2D eigenvalue weighted by Gasteiger charge is 2.02. The van der Waals surface area contributed by atoms with E-state index in [1.165, 1.54) is 22.9 Å². The van der Waals surface area contributed by atoms with Crippen LogP contribution in [0.1, 0.15) is 32.3 Å². The first-order chi connectivity index (χ1) is 9.85. The number of rotatable bonds is 9. The van der Waals surface area contributed by atoms with E-state index >= 15 is 0 Å². The lowest BCUT2D eigenvalue weighted by molar-refractivity contribution is 0.127. The molecule has 0 saturated carbocycles. The minimum absolute atomic E-state index is 0.788. The van der Waals surface area contributed by atoms with Crippen molar-refractivity contribution in [2.24, 2.45) is 0 Å². The summed E-state index contributed by atoms with van der Waals surface area (Å²) in [6.45, 7) is 8.92. The molecular weight excluding hydrogens is 248 g/mol. The van der Waals surface area contributed by atoms with Crippen molar-refractivity contribution in [3.63, 3.8) is 0 Å². The first-order valence-electron chi connectivity index (χ1n) is 7.71. The van der Waals surface area contributed by atoms with Gasteiger partial charge in [0.25, 0.3) is 0 Å². The molecule has 0 unspecified atom stereocenters. The molecule has 0 amide bonds. The standard InChI is InChI=1S/C17H26N2O/c1-3-8-18-14-15-5-6-16-7-9-19(17(16)13-15)10-12-20-11-4-2/h5-7,9,13,18H,3-4,8,10-12,14H2,1-2H3. The molecule has 3 heteroatoms. The van der Waals surface area contributed by atoms with Gasteiger partial charge in [-0.2, -0.15) is 0 Å². The highest BCUT2D eigenvalue weighted by Crippen LogP contribution is 2.17. The number of benzene rings is 1. The summed E-state index contributed by atoms with van der Waals surface area (Å²) in [4.78, 5) is 0. The summed E-state index contributed by atoms with van der Waals surface area (Å²) in [5, 5.41) is 4.76. The molecule has 20 heavy (non-hydrogen) atoms. The lowest BCUT2D eigenvalue weighted by Gasteiger charge is -2.08. The van der Waals surface area contributed by atoms with Crippen LogP contribution in [-0.4, -0.2) is 24.3 Å². The third-order valence-corrected chi connectivity index (χ3v) is 3.42. The Bertz CT molecular complexity index is 519. The molecule has 0 atom stereocenters. The molecule has 1 aromatic heterocycles. The third-order valence-electron chi connectivity index (χ3n) is 3.42. The molecule has 0 radical (unpaired) electrons. The Hall–Kier alpha value is -1.32. The van der Waals surface area contributed by atoms with Crippen LogP contribution in [0.3, 0.4) is 0 Å². The van der Waals surface area contributed by atoms with Gasteiger partial charge in [0.05, 0.1) is 6.61 Å². The Balaban J connectivity index is 2.01. The Morgan fingerprint density at radius 2 is 2.00 bits per heavy atom. The molecule has 0 aliphatic carbocycles. The van der Waals surface area contributed by atoms with Gasteiger partial charge in [-0.3, -0.25) is 0 Å². The van der Waals surface area contributed by atoms with Crippen LogP contribution in [-0.2, 0) is 17.8 Å². The van der Waals surface area contributed by atoms with Gasteiger partial charge < -0.3 is 14.6 Å². The predicted octanol–water partition coefficient (Wildman–Crippen LogP) is 3.57. The van der Waals surface area contributed by atoms with Crippen LogP contribution in [0.25, 0.3) is 10.9 Å². The molecule has 0 aliphatic heterocycles. The summed E-state index contributed by atoms with van der Waals surface area (Å²) in [6, 6.07) is 8.89. The van der Waals surface area contributed by atoms with E-state index in [1.807, 2.05) is 0 Å². The van der Waals surface area contributed by atoms with E-state index < -0.39 is 0 Å². The highest BCUT2D eigenvalue weighted by molar-refractivity contribution is 5.80. The number of nitrogens with zero attached hydrogens (tertiary/aromatic N) is 1. The van der Waals surface area contributed by atoms with Gasteiger partial charge in [0.1, 0.15) is 0 Å². The fourth-order valence-electron chi connectivity index (χ4n) is 2.35. The molecule has 1 N–H and O–H groups in total. The molecular formula is C17H26N2O. The molecule has 0 bridgehead atoms. The average Bonchev–Trinajstić information content (AvgIpc) is 2.87. The predicted molar refractivity (Wildman–Crippen MR) is 85.0 cm³/mol. The van der Waals surface area contributed by atoms with Gasteiger partial charge in [-0.1, -0.05) is 26.0 Å². The quantitative estimate of drug-likeness (QED) is 0.708. The number of ether oxygens (including phenoxy) is 1. The van der Waals surface area contributed by atoms with Crippen LogP contribution in [0, 0.1) is 0 Å². The second-order valence-corrected chi connectivity index (χ2v) is 5.19.